The van der Waals surface area contributed by atoms with E-state index in [-0.39, 0.29) is 33.9 Å². The first-order chi connectivity index (χ1) is 13.5. The minimum atomic E-state index is -0.550. The van der Waals surface area contributed by atoms with Crippen molar-refractivity contribution in [2.24, 2.45) is 0 Å². The Morgan fingerprint density at radius 3 is 2.64 bits per heavy atom. The van der Waals surface area contributed by atoms with Crippen molar-refractivity contribution in [3.8, 4) is 23.3 Å². The number of methoxy groups -OCH3 is 1. The molecule has 0 saturated heterocycles. The summed E-state index contributed by atoms with van der Waals surface area (Å²) in [5.74, 6) is -0.688. The van der Waals surface area contributed by atoms with Gasteiger partial charge in [-0.3, -0.25) is 9.59 Å². The van der Waals surface area contributed by atoms with E-state index in [4.69, 9.17) is 14.7 Å². The van der Waals surface area contributed by atoms with Gasteiger partial charge in [0.25, 0.3) is 5.91 Å². The molecule has 140 valence electrons. The van der Waals surface area contributed by atoms with Crippen LogP contribution in [0.15, 0.2) is 59.5 Å². The number of carbonyl (C=O) groups is 1. The zero-order chi connectivity index (χ0) is 20.1. The van der Waals surface area contributed by atoms with Crippen molar-refractivity contribution in [3.05, 3.63) is 82.0 Å². The molecule has 2 N–H and O–H groups in total. The Bertz CT molecular complexity index is 1130. The third kappa shape index (κ3) is 4.16. The number of halogens is 1. The van der Waals surface area contributed by atoms with E-state index in [9.17, 15) is 14.0 Å². The van der Waals surface area contributed by atoms with E-state index >= 15 is 0 Å². The molecule has 1 aromatic heterocycles. The van der Waals surface area contributed by atoms with Gasteiger partial charge in [0.05, 0.1) is 24.3 Å². The van der Waals surface area contributed by atoms with E-state index in [0.717, 1.165) is 6.07 Å². The van der Waals surface area contributed by atoms with Gasteiger partial charge in [-0.1, -0.05) is 0 Å². The minimum Gasteiger partial charge on any atom is -0.493 e. The lowest BCUT2D eigenvalue weighted by Crippen LogP contribution is -2.15. The molecule has 0 atom stereocenters. The molecular weight excluding hydrogens is 365 g/mol. The zero-order valence-corrected chi connectivity index (χ0v) is 14.7. The standard InChI is InChI=1S/C20H14FN3O4/c1-27-18-9-13(21)3-5-16(18)28-17-8-12(11-22)2-4-15(17)20(26)24-14-6-7-23-19(25)10-14/h2-10H,1H3,(H2,23,24,25,26). The average molecular weight is 379 g/mol. The Morgan fingerprint density at radius 1 is 1.11 bits per heavy atom. The van der Waals surface area contributed by atoms with Gasteiger partial charge < -0.3 is 19.8 Å². The molecule has 8 heteroatoms. The number of aromatic nitrogens is 1. The highest BCUT2D eigenvalue weighted by Crippen LogP contribution is 2.34. The van der Waals surface area contributed by atoms with Gasteiger partial charge in [-0.2, -0.15) is 5.26 Å². The normalized spacial score (nSPS) is 10.0. The first-order valence-corrected chi connectivity index (χ1v) is 8.06. The predicted octanol–water partition coefficient (Wildman–Crippen LogP) is 3.44. The van der Waals surface area contributed by atoms with Crippen LogP contribution in [0.25, 0.3) is 0 Å². The Labute approximate surface area is 159 Å². The fraction of sp³-hybridized carbons (Fsp3) is 0.0500. The second-order valence-corrected chi connectivity index (χ2v) is 5.62. The molecule has 2 aromatic carbocycles. The lowest BCUT2D eigenvalue weighted by atomic mass is 10.1. The molecule has 0 radical (unpaired) electrons. The van der Waals surface area contributed by atoms with Gasteiger partial charge in [0.15, 0.2) is 11.5 Å². The van der Waals surface area contributed by atoms with Crippen molar-refractivity contribution >= 4 is 11.6 Å². The maximum atomic E-state index is 13.4. The molecule has 3 rings (SSSR count). The number of amides is 1. The number of rotatable bonds is 5. The fourth-order valence-corrected chi connectivity index (χ4v) is 2.43. The van der Waals surface area contributed by atoms with Gasteiger partial charge in [-0.15, -0.1) is 0 Å². The molecule has 0 aliphatic heterocycles. The summed E-state index contributed by atoms with van der Waals surface area (Å²) in [5, 5.41) is 11.7. The molecule has 3 aromatic rings. The second-order valence-electron chi connectivity index (χ2n) is 5.62. The topological polar surface area (TPSA) is 104 Å². The van der Waals surface area contributed by atoms with Crippen LogP contribution in [0.1, 0.15) is 15.9 Å². The van der Waals surface area contributed by atoms with Crippen LogP contribution < -0.4 is 20.3 Å². The van der Waals surface area contributed by atoms with Crippen LogP contribution in [-0.2, 0) is 0 Å². The first kappa shape index (κ1) is 18.7. The van der Waals surface area contributed by atoms with Gasteiger partial charge in [-0.05, 0) is 36.4 Å². The number of hydrogen-bond donors (Lipinski definition) is 2. The molecule has 0 aliphatic rings. The summed E-state index contributed by atoms with van der Waals surface area (Å²) in [6, 6.07) is 12.7. The van der Waals surface area contributed by atoms with Crippen molar-refractivity contribution in [1.29, 1.82) is 5.26 Å². The van der Waals surface area contributed by atoms with Crippen LogP contribution in [0, 0.1) is 17.1 Å². The van der Waals surface area contributed by atoms with Crippen LogP contribution >= 0.6 is 0 Å². The number of H-pyrrole nitrogens is 1. The second kappa shape index (κ2) is 8.05. The number of pyridine rings is 1. The summed E-state index contributed by atoms with van der Waals surface area (Å²) in [7, 11) is 1.36. The number of aromatic amines is 1. The van der Waals surface area contributed by atoms with Crippen molar-refractivity contribution in [2.75, 3.05) is 12.4 Å². The maximum Gasteiger partial charge on any atom is 0.259 e. The lowest BCUT2D eigenvalue weighted by Gasteiger charge is -2.14. The molecule has 0 spiro atoms. The third-order valence-electron chi connectivity index (χ3n) is 3.73. The molecule has 0 fully saturated rings. The Kier molecular flexibility index (Phi) is 5.37. The van der Waals surface area contributed by atoms with Gasteiger partial charge in [0.1, 0.15) is 11.6 Å². The summed E-state index contributed by atoms with van der Waals surface area (Å²) in [5.41, 5.74) is 0.308. The van der Waals surface area contributed by atoms with Crippen LogP contribution in [0.5, 0.6) is 17.2 Å². The smallest absolute Gasteiger partial charge is 0.259 e. The number of benzene rings is 2. The van der Waals surface area contributed by atoms with E-state index in [1.807, 2.05) is 6.07 Å². The molecule has 1 heterocycles. The van der Waals surface area contributed by atoms with Crippen LogP contribution in [0.4, 0.5) is 10.1 Å². The van der Waals surface area contributed by atoms with Crippen molar-refractivity contribution in [3.63, 3.8) is 0 Å². The SMILES string of the molecule is COc1cc(F)ccc1Oc1cc(C#N)ccc1C(=O)Nc1cc[nH]c(=O)c1. The largest absolute Gasteiger partial charge is 0.493 e. The number of carbonyl (C=O) groups excluding carboxylic acids is 1. The maximum absolute atomic E-state index is 13.4. The predicted molar refractivity (Wildman–Crippen MR) is 99.2 cm³/mol. The summed E-state index contributed by atoms with van der Waals surface area (Å²) in [4.78, 5) is 26.5. The van der Waals surface area contributed by atoms with Gasteiger partial charge in [-0.25, -0.2) is 4.39 Å². The molecule has 0 unspecified atom stereocenters. The monoisotopic (exact) mass is 379 g/mol. The number of nitriles is 1. The van der Waals surface area contributed by atoms with E-state index < -0.39 is 11.7 Å². The number of nitrogens with zero attached hydrogens (tertiary/aromatic N) is 1. The zero-order valence-electron chi connectivity index (χ0n) is 14.7. The molecule has 0 bridgehead atoms. The Balaban J connectivity index is 1.97. The summed E-state index contributed by atoms with van der Waals surface area (Å²) < 4.78 is 24.2. The Hall–Kier alpha value is -4.12. The lowest BCUT2D eigenvalue weighted by molar-refractivity contribution is 0.102. The molecule has 0 saturated carbocycles. The molecule has 1 amide bonds. The summed E-state index contributed by atoms with van der Waals surface area (Å²) in [6.07, 6.45) is 1.40. The summed E-state index contributed by atoms with van der Waals surface area (Å²) >= 11 is 0. The van der Waals surface area contributed by atoms with Crippen molar-refractivity contribution < 1.29 is 18.7 Å². The number of nitrogens with one attached hydrogen (secondary N) is 2. The number of ether oxygens (including phenoxy) is 2. The quantitative estimate of drug-likeness (QED) is 0.707. The number of anilines is 1. The molecular formula is C20H14FN3O4. The molecule has 28 heavy (non-hydrogen) atoms. The highest BCUT2D eigenvalue weighted by molar-refractivity contribution is 6.06. The van der Waals surface area contributed by atoms with Gasteiger partial charge in [0.2, 0.25) is 5.56 Å². The van der Waals surface area contributed by atoms with E-state index in [1.165, 1.54) is 55.8 Å². The third-order valence-corrected chi connectivity index (χ3v) is 3.73. The van der Waals surface area contributed by atoms with E-state index in [0.29, 0.717) is 5.69 Å². The van der Waals surface area contributed by atoms with Crippen LogP contribution in [0.3, 0.4) is 0 Å². The highest BCUT2D eigenvalue weighted by Gasteiger charge is 2.17. The molecule has 0 aliphatic carbocycles. The fourth-order valence-electron chi connectivity index (χ4n) is 2.43. The Morgan fingerprint density at radius 2 is 1.93 bits per heavy atom. The van der Waals surface area contributed by atoms with Crippen LogP contribution in [-0.4, -0.2) is 18.0 Å². The summed E-state index contributed by atoms with van der Waals surface area (Å²) in [6.45, 7) is 0. The van der Waals surface area contributed by atoms with Crippen molar-refractivity contribution in [1.82, 2.24) is 4.98 Å². The first-order valence-electron chi connectivity index (χ1n) is 8.06. The minimum absolute atomic E-state index is 0.0753. The van der Waals surface area contributed by atoms with E-state index in [1.54, 1.807) is 0 Å². The van der Waals surface area contributed by atoms with Crippen molar-refractivity contribution in [2.45, 2.75) is 0 Å². The van der Waals surface area contributed by atoms with E-state index in [2.05, 4.69) is 10.3 Å². The molecule has 7 nitrogen and oxygen atoms in total. The average Bonchev–Trinajstić information content (AvgIpc) is 2.69. The highest BCUT2D eigenvalue weighted by atomic mass is 19.1. The number of hydrogen-bond acceptors (Lipinski definition) is 5. The van der Waals surface area contributed by atoms with Gasteiger partial charge in [0, 0.05) is 24.0 Å². The van der Waals surface area contributed by atoms with Gasteiger partial charge >= 0.3 is 0 Å². The van der Waals surface area contributed by atoms with Crippen LogP contribution in [0.2, 0.25) is 0 Å².